The van der Waals surface area contributed by atoms with Crippen molar-refractivity contribution in [2.75, 3.05) is 12.4 Å². The maximum atomic E-state index is 12.2. The van der Waals surface area contributed by atoms with Crippen molar-refractivity contribution in [3.63, 3.8) is 0 Å². The fourth-order valence-corrected chi connectivity index (χ4v) is 2.46. The zero-order valence-corrected chi connectivity index (χ0v) is 14.6. The highest BCUT2D eigenvalue weighted by molar-refractivity contribution is 6.30. The molecule has 0 spiro atoms. The standard InChI is InChI=1S/C17H15ClN6O2/c1-19-17(26)12-5-3-7-14(9-12)20-15(25)10-24-22-16(21-23-24)11-4-2-6-13(18)8-11/h2-9H,10H2,1H3,(H,19,26)(H,20,25). The van der Waals surface area contributed by atoms with Crippen LogP contribution in [0.2, 0.25) is 5.02 Å². The minimum atomic E-state index is -0.339. The van der Waals surface area contributed by atoms with Gasteiger partial charge < -0.3 is 10.6 Å². The van der Waals surface area contributed by atoms with Gasteiger partial charge in [0, 0.05) is 28.9 Å². The van der Waals surface area contributed by atoms with Gasteiger partial charge in [0.1, 0.15) is 6.54 Å². The molecule has 0 radical (unpaired) electrons. The average Bonchev–Trinajstić information content (AvgIpc) is 3.09. The first-order chi connectivity index (χ1) is 12.5. The number of carbonyl (C=O) groups excluding carboxylic acids is 2. The van der Waals surface area contributed by atoms with Crippen molar-refractivity contribution < 1.29 is 9.59 Å². The van der Waals surface area contributed by atoms with E-state index < -0.39 is 0 Å². The second-order valence-corrected chi connectivity index (χ2v) is 5.80. The van der Waals surface area contributed by atoms with Gasteiger partial charge in [-0.25, -0.2) is 0 Å². The summed E-state index contributed by atoms with van der Waals surface area (Å²) in [5, 5.41) is 17.8. The molecule has 1 heterocycles. The molecule has 0 bridgehead atoms. The molecular weight excluding hydrogens is 356 g/mol. The molecule has 0 aliphatic rings. The first kappa shape index (κ1) is 17.6. The highest BCUT2D eigenvalue weighted by atomic mass is 35.5. The predicted molar refractivity (Wildman–Crippen MR) is 96.7 cm³/mol. The van der Waals surface area contributed by atoms with E-state index in [4.69, 9.17) is 11.6 Å². The van der Waals surface area contributed by atoms with Gasteiger partial charge in [0.05, 0.1) is 0 Å². The molecular formula is C17H15ClN6O2. The smallest absolute Gasteiger partial charge is 0.251 e. The lowest BCUT2D eigenvalue weighted by molar-refractivity contribution is -0.117. The average molecular weight is 371 g/mol. The Morgan fingerprint density at radius 2 is 1.96 bits per heavy atom. The molecule has 2 N–H and O–H groups in total. The van der Waals surface area contributed by atoms with Crippen LogP contribution in [0.4, 0.5) is 5.69 Å². The van der Waals surface area contributed by atoms with Gasteiger partial charge in [-0.05, 0) is 35.5 Å². The summed E-state index contributed by atoms with van der Waals surface area (Å²) in [4.78, 5) is 25.0. The van der Waals surface area contributed by atoms with Crippen LogP contribution in [0.15, 0.2) is 48.5 Å². The van der Waals surface area contributed by atoms with Gasteiger partial charge >= 0.3 is 0 Å². The fraction of sp³-hybridized carbons (Fsp3) is 0.118. The van der Waals surface area contributed by atoms with E-state index in [0.29, 0.717) is 27.7 Å². The Morgan fingerprint density at radius 3 is 2.73 bits per heavy atom. The monoisotopic (exact) mass is 370 g/mol. The number of hydrogen-bond donors (Lipinski definition) is 2. The largest absolute Gasteiger partial charge is 0.355 e. The van der Waals surface area contributed by atoms with Crippen LogP contribution >= 0.6 is 11.6 Å². The van der Waals surface area contributed by atoms with Gasteiger partial charge in [-0.3, -0.25) is 9.59 Å². The molecule has 132 valence electrons. The van der Waals surface area contributed by atoms with Crippen molar-refractivity contribution in [2.45, 2.75) is 6.54 Å². The van der Waals surface area contributed by atoms with Crippen LogP contribution in [-0.4, -0.2) is 39.1 Å². The van der Waals surface area contributed by atoms with Crippen molar-refractivity contribution in [3.8, 4) is 11.4 Å². The van der Waals surface area contributed by atoms with E-state index in [0.717, 1.165) is 0 Å². The third-order valence-electron chi connectivity index (χ3n) is 3.46. The highest BCUT2D eigenvalue weighted by Gasteiger charge is 2.11. The van der Waals surface area contributed by atoms with E-state index in [9.17, 15) is 9.59 Å². The number of halogens is 1. The van der Waals surface area contributed by atoms with Gasteiger partial charge in [-0.1, -0.05) is 29.8 Å². The Labute approximate surface area is 154 Å². The second-order valence-electron chi connectivity index (χ2n) is 5.36. The maximum Gasteiger partial charge on any atom is 0.251 e. The van der Waals surface area contributed by atoms with E-state index in [2.05, 4.69) is 26.0 Å². The van der Waals surface area contributed by atoms with E-state index >= 15 is 0 Å². The third kappa shape index (κ3) is 4.22. The normalized spacial score (nSPS) is 10.4. The topological polar surface area (TPSA) is 102 Å². The summed E-state index contributed by atoms with van der Waals surface area (Å²) in [5.41, 5.74) is 1.67. The molecule has 0 saturated heterocycles. The predicted octanol–water partition coefficient (Wildman–Crippen LogP) is 1.99. The molecule has 0 aliphatic heterocycles. The Bertz CT molecular complexity index is 956. The number of hydrogen-bond acceptors (Lipinski definition) is 5. The molecule has 0 fully saturated rings. The molecule has 0 aliphatic carbocycles. The van der Waals surface area contributed by atoms with Gasteiger partial charge in [-0.15, -0.1) is 10.2 Å². The highest BCUT2D eigenvalue weighted by Crippen LogP contribution is 2.18. The molecule has 1 aromatic heterocycles. The Morgan fingerprint density at radius 1 is 1.15 bits per heavy atom. The summed E-state index contributed by atoms with van der Waals surface area (Å²) in [6.45, 7) is -0.113. The molecule has 0 atom stereocenters. The summed E-state index contributed by atoms with van der Waals surface area (Å²) in [5.74, 6) is -0.193. The lowest BCUT2D eigenvalue weighted by atomic mass is 10.2. The van der Waals surface area contributed by atoms with Crippen LogP contribution in [0.1, 0.15) is 10.4 Å². The van der Waals surface area contributed by atoms with E-state index in [1.54, 1.807) is 55.6 Å². The van der Waals surface area contributed by atoms with Crippen molar-refractivity contribution >= 4 is 29.1 Å². The van der Waals surface area contributed by atoms with Crippen LogP contribution in [0, 0.1) is 0 Å². The summed E-state index contributed by atoms with van der Waals surface area (Å²) in [6, 6.07) is 13.7. The first-order valence-corrected chi connectivity index (χ1v) is 8.08. The van der Waals surface area contributed by atoms with E-state index in [1.807, 2.05) is 0 Å². The van der Waals surface area contributed by atoms with Crippen molar-refractivity contribution in [1.82, 2.24) is 25.5 Å². The summed E-state index contributed by atoms with van der Waals surface area (Å²) in [7, 11) is 1.54. The quantitative estimate of drug-likeness (QED) is 0.715. The number of nitrogens with zero attached hydrogens (tertiary/aromatic N) is 4. The minimum absolute atomic E-state index is 0.113. The van der Waals surface area contributed by atoms with Gasteiger partial charge in [0.25, 0.3) is 5.91 Å². The number of aromatic nitrogens is 4. The molecule has 26 heavy (non-hydrogen) atoms. The molecule has 3 rings (SSSR count). The Kier molecular flexibility index (Phi) is 5.23. The first-order valence-electron chi connectivity index (χ1n) is 7.71. The van der Waals surface area contributed by atoms with Gasteiger partial charge in [0.2, 0.25) is 11.7 Å². The van der Waals surface area contributed by atoms with Crippen molar-refractivity contribution in [3.05, 3.63) is 59.1 Å². The second kappa shape index (κ2) is 7.75. The van der Waals surface area contributed by atoms with Crippen LogP contribution in [-0.2, 0) is 11.3 Å². The molecule has 8 nitrogen and oxygen atoms in total. The molecule has 0 unspecified atom stereocenters. The maximum absolute atomic E-state index is 12.2. The number of amides is 2. The van der Waals surface area contributed by atoms with Crippen molar-refractivity contribution in [1.29, 1.82) is 0 Å². The van der Waals surface area contributed by atoms with Gasteiger partial charge in [-0.2, -0.15) is 4.80 Å². The zero-order chi connectivity index (χ0) is 18.5. The van der Waals surface area contributed by atoms with Crippen LogP contribution < -0.4 is 10.6 Å². The number of nitrogens with one attached hydrogen (secondary N) is 2. The lowest BCUT2D eigenvalue weighted by Gasteiger charge is -2.06. The van der Waals surface area contributed by atoms with Crippen LogP contribution in [0.3, 0.4) is 0 Å². The number of anilines is 1. The Hall–Kier alpha value is -3.26. The number of rotatable bonds is 5. The summed E-state index contributed by atoms with van der Waals surface area (Å²) in [6.07, 6.45) is 0. The van der Waals surface area contributed by atoms with Crippen molar-refractivity contribution in [2.24, 2.45) is 0 Å². The van der Waals surface area contributed by atoms with Gasteiger partial charge in [0.15, 0.2) is 0 Å². The number of tetrazole rings is 1. The van der Waals surface area contributed by atoms with Crippen LogP contribution in [0.25, 0.3) is 11.4 Å². The summed E-state index contributed by atoms with van der Waals surface area (Å²) < 4.78 is 0. The molecule has 2 aromatic carbocycles. The number of benzene rings is 2. The minimum Gasteiger partial charge on any atom is -0.355 e. The fourth-order valence-electron chi connectivity index (χ4n) is 2.26. The van der Waals surface area contributed by atoms with Crippen LogP contribution in [0.5, 0.6) is 0 Å². The van der Waals surface area contributed by atoms with E-state index in [1.165, 1.54) is 4.80 Å². The lowest BCUT2D eigenvalue weighted by Crippen LogP contribution is -2.21. The van der Waals surface area contributed by atoms with E-state index in [-0.39, 0.29) is 18.4 Å². The Balaban J connectivity index is 1.67. The SMILES string of the molecule is CNC(=O)c1cccc(NC(=O)Cn2nnc(-c3cccc(Cl)c3)n2)c1. The molecule has 3 aromatic rings. The zero-order valence-electron chi connectivity index (χ0n) is 13.8. The molecule has 2 amide bonds. The third-order valence-corrected chi connectivity index (χ3v) is 3.69. The molecule has 9 heteroatoms. The molecule has 0 saturated carbocycles. The summed E-state index contributed by atoms with van der Waals surface area (Å²) >= 11 is 5.95. The number of carbonyl (C=O) groups is 2.